The van der Waals surface area contributed by atoms with Crippen molar-refractivity contribution in [1.82, 2.24) is 19.5 Å². The molecule has 1 atom stereocenters. The van der Waals surface area contributed by atoms with Gasteiger partial charge in [0.15, 0.2) is 12.3 Å². The first-order valence-electron chi connectivity index (χ1n) is 9.54. The topological polar surface area (TPSA) is 59.7 Å². The average molecular weight is 364 g/mol. The molecular weight excluding hydrogens is 340 g/mol. The van der Waals surface area contributed by atoms with E-state index >= 15 is 0 Å². The third-order valence-electron chi connectivity index (χ3n) is 5.17. The summed E-state index contributed by atoms with van der Waals surface area (Å²) in [6.07, 6.45) is 4.95. The number of hydrogen-bond acceptors (Lipinski definition) is 4. The molecule has 0 saturated carbocycles. The molecule has 140 valence electrons. The van der Waals surface area contributed by atoms with Crippen LogP contribution in [0, 0.1) is 0 Å². The number of hydrogen-bond donors (Lipinski definition) is 0. The molecule has 6 nitrogen and oxygen atoms in total. The minimum Gasteiger partial charge on any atom is -0.484 e. The van der Waals surface area contributed by atoms with Crippen LogP contribution in [-0.2, 0) is 11.2 Å². The third-order valence-corrected chi connectivity index (χ3v) is 5.17. The van der Waals surface area contributed by atoms with Crippen molar-refractivity contribution < 1.29 is 9.53 Å². The van der Waals surface area contributed by atoms with Gasteiger partial charge in [-0.15, -0.1) is 10.2 Å². The molecule has 1 aliphatic heterocycles. The summed E-state index contributed by atoms with van der Waals surface area (Å²) in [5.74, 6) is 1.88. The molecule has 1 unspecified atom stereocenters. The standard InChI is InChI=1S/C21H24N4O2/c1-2-16-8-10-18(11-9-16)27-15-20(26)24-12-5-6-17(14-24)21-23-22-19-7-3-4-13-25(19)21/h3-4,7-11,13,17H,2,5-6,12,14-15H2,1H3. The maximum Gasteiger partial charge on any atom is 0.260 e. The minimum atomic E-state index is 0.0214. The molecule has 0 radical (unpaired) electrons. The molecule has 0 bridgehead atoms. The van der Waals surface area contributed by atoms with E-state index in [4.69, 9.17) is 4.74 Å². The number of piperidine rings is 1. The fourth-order valence-corrected chi connectivity index (χ4v) is 3.61. The lowest BCUT2D eigenvalue weighted by atomic mass is 9.97. The molecule has 0 spiro atoms. The van der Waals surface area contributed by atoms with Crippen molar-refractivity contribution >= 4 is 11.6 Å². The Morgan fingerprint density at radius 1 is 1.19 bits per heavy atom. The van der Waals surface area contributed by atoms with Crippen molar-refractivity contribution in [2.45, 2.75) is 32.1 Å². The maximum absolute atomic E-state index is 12.6. The van der Waals surface area contributed by atoms with Gasteiger partial charge in [0.1, 0.15) is 11.6 Å². The first-order valence-corrected chi connectivity index (χ1v) is 9.54. The molecule has 0 aliphatic carbocycles. The van der Waals surface area contributed by atoms with Crippen LogP contribution in [0.5, 0.6) is 5.75 Å². The second kappa shape index (κ2) is 7.78. The van der Waals surface area contributed by atoms with Crippen LogP contribution in [0.25, 0.3) is 5.65 Å². The third kappa shape index (κ3) is 3.79. The Hall–Kier alpha value is -2.89. The summed E-state index contributed by atoms with van der Waals surface area (Å²) in [4.78, 5) is 14.5. The minimum absolute atomic E-state index is 0.0214. The highest BCUT2D eigenvalue weighted by molar-refractivity contribution is 5.78. The largest absolute Gasteiger partial charge is 0.484 e. The van der Waals surface area contributed by atoms with Crippen LogP contribution < -0.4 is 4.74 Å². The Morgan fingerprint density at radius 2 is 2.04 bits per heavy atom. The number of amides is 1. The Labute approximate surface area is 158 Å². The van der Waals surface area contributed by atoms with Crippen LogP contribution in [-0.4, -0.2) is 45.1 Å². The van der Waals surface area contributed by atoms with Gasteiger partial charge in [0.05, 0.1) is 0 Å². The molecule has 2 aromatic heterocycles. The first-order chi connectivity index (χ1) is 13.2. The van der Waals surface area contributed by atoms with Crippen LogP contribution in [0.15, 0.2) is 48.7 Å². The summed E-state index contributed by atoms with van der Waals surface area (Å²) in [7, 11) is 0. The van der Waals surface area contributed by atoms with Gasteiger partial charge >= 0.3 is 0 Å². The van der Waals surface area contributed by atoms with E-state index in [1.165, 1.54) is 5.56 Å². The van der Waals surface area contributed by atoms with Gasteiger partial charge in [-0.1, -0.05) is 25.1 Å². The number of fused-ring (bicyclic) bond motifs is 1. The second-order valence-electron chi connectivity index (χ2n) is 6.95. The molecule has 4 rings (SSSR count). The predicted octanol–water partition coefficient (Wildman–Crippen LogP) is 3.08. The average Bonchev–Trinajstić information content (AvgIpc) is 3.16. The van der Waals surface area contributed by atoms with E-state index < -0.39 is 0 Å². The van der Waals surface area contributed by atoms with Gasteiger partial charge in [0.2, 0.25) is 0 Å². The van der Waals surface area contributed by atoms with Gasteiger partial charge < -0.3 is 9.64 Å². The molecule has 1 aromatic carbocycles. The molecule has 3 heterocycles. The van der Waals surface area contributed by atoms with E-state index in [0.717, 1.165) is 43.0 Å². The summed E-state index contributed by atoms with van der Waals surface area (Å²) < 4.78 is 7.71. The lowest BCUT2D eigenvalue weighted by Gasteiger charge is -2.31. The highest BCUT2D eigenvalue weighted by Crippen LogP contribution is 2.26. The predicted molar refractivity (Wildman–Crippen MR) is 103 cm³/mol. The monoisotopic (exact) mass is 364 g/mol. The van der Waals surface area contributed by atoms with E-state index in [1.807, 2.05) is 58.0 Å². The number of aromatic nitrogens is 3. The summed E-state index contributed by atoms with van der Waals surface area (Å²) >= 11 is 0. The van der Waals surface area contributed by atoms with Crippen LogP contribution in [0.2, 0.25) is 0 Å². The Morgan fingerprint density at radius 3 is 2.85 bits per heavy atom. The molecule has 1 amide bonds. The van der Waals surface area contributed by atoms with Crippen molar-refractivity contribution in [3.8, 4) is 5.75 Å². The van der Waals surface area contributed by atoms with Crippen molar-refractivity contribution in [2.75, 3.05) is 19.7 Å². The molecule has 0 N–H and O–H groups in total. The molecular formula is C21H24N4O2. The van der Waals surface area contributed by atoms with Crippen LogP contribution in [0.1, 0.15) is 37.1 Å². The molecule has 3 aromatic rings. The zero-order valence-electron chi connectivity index (χ0n) is 15.5. The quantitative estimate of drug-likeness (QED) is 0.698. The van der Waals surface area contributed by atoms with Gasteiger partial charge in [-0.25, -0.2) is 0 Å². The Kier molecular flexibility index (Phi) is 5.05. The number of aryl methyl sites for hydroxylation is 1. The van der Waals surface area contributed by atoms with Crippen LogP contribution in [0.3, 0.4) is 0 Å². The van der Waals surface area contributed by atoms with E-state index in [-0.39, 0.29) is 18.4 Å². The summed E-state index contributed by atoms with van der Waals surface area (Å²) in [5.41, 5.74) is 2.10. The van der Waals surface area contributed by atoms with Crippen molar-refractivity contribution in [3.05, 3.63) is 60.0 Å². The van der Waals surface area contributed by atoms with Gasteiger partial charge in [-0.2, -0.15) is 0 Å². The molecule has 1 aliphatic rings. The van der Waals surface area contributed by atoms with E-state index in [2.05, 4.69) is 17.1 Å². The number of pyridine rings is 1. The summed E-state index contributed by atoms with van der Waals surface area (Å²) in [6.45, 7) is 3.61. The van der Waals surface area contributed by atoms with E-state index in [0.29, 0.717) is 6.54 Å². The SMILES string of the molecule is CCc1ccc(OCC(=O)N2CCCC(c3nnc4ccccn34)C2)cc1. The lowest BCUT2D eigenvalue weighted by molar-refractivity contribution is -0.134. The van der Waals surface area contributed by atoms with Crippen LogP contribution in [0.4, 0.5) is 0 Å². The smallest absolute Gasteiger partial charge is 0.260 e. The van der Waals surface area contributed by atoms with Gasteiger partial charge in [0.25, 0.3) is 5.91 Å². The van der Waals surface area contributed by atoms with Gasteiger partial charge in [-0.3, -0.25) is 9.20 Å². The highest BCUT2D eigenvalue weighted by atomic mass is 16.5. The number of carbonyl (C=O) groups is 1. The van der Waals surface area contributed by atoms with E-state index in [1.54, 1.807) is 0 Å². The van der Waals surface area contributed by atoms with Crippen molar-refractivity contribution in [1.29, 1.82) is 0 Å². The number of ether oxygens (including phenoxy) is 1. The molecule has 6 heteroatoms. The fraction of sp³-hybridized carbons (Fsp3) is 0.381. The van der Waals surface area contributed by atoms with Gasteiger partial charge in [0, 0.05) is 25.2 Å². The summed E-state index contributed by atoms with van der Waals surface area (Å²) in [6, 6.07) is 13.8. The van der Waals surface area contributed by atoms with Gasteiger partial charge in [-0.05, 0) is 49.1 Å². The normalized spacial score (nSPS) is 17.2. The molecule has 1 fully saturated rings. The number of likely N-dealkylation sites (tertiary alicyclic amines) is 1. The van der Waals surface area contributed by atoms with Crippen LogP contribution >= 0.6 is 0 Å². The summed E-state index contributed by atoms with van der Waals surface area (Å²) in [5, 5.41) is 8.61. The first kappa shape index (κ1) is 17.5. The maximum atomic E-state index is 12.6. The fourth-order valence-electron chi connectivity index (χ4n) is 3.61. The van der Waals surface area contributed by atoms with Crippen molar-refractivity contribution in [2.24, 2.45) is 0 Å². The van der Waals surface area contributed by atoms with E-state index in [9.17, 15) is 4.79 Å². The van der Waals surface area contributed by atoms with Crippen molar-refractivity contribution in [3.63, 3.8) is 0 Å². The second-order valence-corrected chi connectivity index (χ2v) is 6.95. The zero-order valence-corrected chi connectivity index (χ0v) is 15.5. The highest BCUT2D eigenvalue weighted by Gasteiger charge is 2.28. The Balaban J connectivity index is 1.39. The lowest BCUT2D eigenvalue weighted by Crippen LogP contribution is -2.42. The number of benzene rings is 1. The zero-order chi connectivity index (χ0) is 18.6. The Bertz CT molecular complexity index is 919. The molecule has 27 heavy (non-hydrogen) atoms. The molecule has 1 saturated heterocycles. The number of rotatable bonds is 5. The number of carbonyl (C=O) groups excluding carboxylic acids is 1. The number of nitrogens with zero attached hydrogens (tertiary/aromatic N) is 4.